The Hall–Kier alpha value is -1.53. The molecule has 1 rings (SSSR count). The molecule has 7 heteroatoms. The average molecular weight is 262 g/mol. The van der Waals surface area contributed by atoms with Crippen LogP contribution in [0.3, 0.4) is 0 Å². The van der Waals surface area contributed by atoms with E-state index in [2.05, 4.69) is 9.97 Å². The summed E-state index contributed by atoms with van der Waals surface area (Å²) in [4.78, 5) is 9.20. The number of aromatic nitrogens is 2. The standard InChI is InChI=1S/C11H17F3N4/c1-4-5-18(6-11(12,13)14)10-7(2)9(15)16-8(3)17-10/h4-6H2,1-3H3,(H2,15,16,17). The highest BCUT2D eigenvalue weighted by Gasteiger charge is 2.32. The van der Waals surface area contributed by atoms with Gasteiger partial charge in [-0.25, -0.2) is 9.97 Å². The summed E-state index contributed by atoms with van der Waals surface area (Å²) >= 11 is 0. The Morgan fingerprint density at radius 2 is 1.83 bits per heavy atom. The molecule has 2 N–H and O–H groups in total. The van der Waals surface area contributed by atoms with E-state index >= 15 is 0 Å². The predicted octanol–water partition coefficient (Wildman–Crippen LogP) is 2.45. The Labute approximate surface area is 104 Å². The van der Waals surface area contributed by atoms with Gasteiger partial charge in [0.2, 0.25) is 0 Å². The van der Waals surface area contributed by atoms with E-state index < -0.39 is 12.7 Å². The van der Waals surface area contributed by atoms with Crippen LogP contribution >= 0.6 is 0 Å². The largest absolute Gasteiger partial charge is 0.405 e. The van der Waals surface area contributed by atoms with Crippen LogP contribution in [-0.4, -0.2) is 29.2 Å². The molecule has 0 bridgehead atoms. The fourth-order valence-corrected chi connectivity index (χ4v) is 1.69. The molecule has 0 saturated heterocycles. The number of halogens is 3. The summed E-state index contributed by atoms with van der Waals surface area (Å²) in [5, 5.41) is 0. The van der Waals surface area contributed by atoms with Gasteiger partial charge in [-0.3, -0.25) is 0 Å². The minimum Gasteiger partial charge on any atom is -0.383 e. The monoisotopic (exact) mass is 262 g/mol. The molecule has 1 aromatic rings. The third-order valence-corrected chi connectivity index (χ3v) is 2.43. The van der Waals surface area contributed by atoms with Crippen LogP contribution in [-0.2, 0) is 0 Å². The molecule has 4 nitrogen and oxygen atoms in total. The average Bonchev–Trinajstić information content (AvgIpc) is 2.21. The summed E-state index contributed by atoms with van der Waals surface area (Å²) in [7, 11) is 0. The van der Waals surface area contributed by atoms with E-state index in [4.69, 9.17) is 5.73 Å². The van der Waals surface area contributed by atoms with E-state index in [9.17, 15) is 13.2 Å². The normalized spacial score (nSPS) is 11.7. The number of nitrogen functional groups attached to an aromatic ring is 1. The topological polar surface area (TPSA) is 55.0 Å². The lowest BCUT2D eigenvalue weighted by atomic mass is 10.2. The minimum atomic E-state index is -4.27. The molecule has 0 atom stereocenters. The van der Waals surface area contributed by atoms with E-state index in [-0.39, 0.29) is 18.2 Å². The number of nitrogens with zero attached hydrogens (tertiary/aromatic N) is 3. The smallest absolute Gasteiger partial charge is 0.383 e. The SMILES string of the molecule is CCCN(CC(F)(F)F)c1nc(C)nc(N)c1C. The van der Waals surface area contributed by atoms with E-state index in [1.54, 1.807) is 13.8 Å². The van der Waals surface area contributed by atoms with E-state index in [0.29, 0.717) is 17.8 Å². The van der Waals surface area contributed by atoms with Gasteiger partial charge in [-0.15, -0.1) is 0 Å². The molecule has 102 valence electrons. The fourth-order valence-electron chi connectivity index (χ4n) is 1.69. The lowest BCUT2D eigenvalue weighted by molar-refractivity contribution is -0.119. The van der Waals surface area contributed by atoms with Crippen molar-refractivity contribution in [3.8, 4) is 0 Å². The van der Waals surface area contributed by atoms with Crippen molar-refractivity contribution in [1.82, 2.24) is 9.97 Å². The van der Waals surface area contributed by atoms with Crippen molar-refractivity contribution in [3.63, 3.8) is 0 Å². The van der Waals surface area contributed by atoms with Gasteiger partial charge in [0.1, 0.15) is 24.0 Å². The van der Waals surface area contributed by atoms with Gasteiger partial charge in [0, 0.05) is 12.1 Å². The summed E-state index contributed by atoms with van der Waals surface area (Å²) < 4.78 is 37.6. The van der Waals surface area contributed by atoms with Gasteiger partial charge < -0.3 is 10.6 Å². The highest BCUT2D eigenvalue weighted by molar-refractivity contribution is 5.56. The van der Waals surface area contributed by atoms with Gasteiger partial charge in [-0.2, -0.15) is 13.2 Å². The molecule has 0 aliphatic carbocycles. The molecule has 0 fully saturated rings. The van der Waals surface area contributed by atoms with Crippen LogP contribution in [0.15, 0.2) is 0 Å². The molecule has 0 spiro atoms. The summed E-state index contributed by atoms with van der Waals surface area (Å²) in [6, 6.07) is 0. The Balaban J connectivity index is 3.13. The van der Waals surface area contributed by atoms with Gasteiger partial charge in [-0.1, -0.05) is 6.92 Å². The zero-order valence-corrected chi connectivity index (χ0v) is 10.7. The molecule has 0 aliphatic rings. The first-order chi connectivity index (χ1) is 8.24. The lowest BCUT2D eigenvalue weighted by Crippen LogP contribution is -2.36. The molecule has 18 heavy (non-hydrogen) atoms. The molecule has 0 aromatic carbocycles. The quantitative estimate of drug-likeness (QED) is 0.905. The molecular formula is C11H17F3N4. The second kappa shape index (κ2) is 5.41. The fraction of sp³-hybridized carbons (Fsp3) is 0.636. The van der Waals surface area contributed by atoms with Gasteiger partial charge >= 0.3 is 6.18 Å². The molecule has 0 radical (unpaired) electrons. The number of rotatable bonds is 4. The van der Waals surface area contributed by atoms with Crippen molar-refractivity contribution >= 4 is 11.6 Å². The number of nitrogens with two attached hydrogens (primary N) is 1. The number of alkyl halides is 3. The number of aryl methyl sites for hydroxylation is 1. The highest BCUT2D eigenvalue weighted by atomic mass is 19.4. The van der Waals surface area contributed by atoms with Gasteiger partial charge in [-0.05, 0) is 20.3 Å². The first kappa shape index (κ1) is 14.5. The van der Waals surface area contributed by atoms with Crippen LogP contribution in [0.25, 0.3) is 0 Å². The third-order valence-electron chi connectivity index (χ3n) is 2.43. The second-order valence-electron chi connectivity index (χ2n) is 4.14. The summed E-state index contributed by atoms with van der Waals surface area (Å²) in [5.74, 6) is 0.858. The van der Waals surface area contributed by atoms with E-state index in [1.807, 2.05) is 6.92 Å². The van der Waals surface area contributed by atoms with Crippen molar-refractivity contribution in [2.45, 2.75) is 33.4 Å². The summed E-state index contributed by atoms with van der Waals surface area (Å²) in [6.45, 7) is 4.30. The predicted molar refractivity (Wildman–Crippen MR) is 64.5 cm³/mol. The summed E-state index contributed by atoms with van der Waals surface area (Å²) in [5.41, 5.74) is 6.14. The van der Waals surface area contributed by atoms with Crippen LogP contribution in [0.1, 0.15) is 24.7 Å². The van der Waals surface area contributed by atoms with E-state index in [1.165, 1.54) is 4.90 Å². The molecule has 0 aliphatic heterocycles. The van der Waals surface area contributed by atoms with Crippen LogP contribution in [0, 0.1) is 13.8 Å². The number of hydrogen-bond acceptors (Lipinski definition) is 4. The molecular weight excluding hydrogens is 245 g/mol. The Kier molecular flexibility index (Phi) is 4.37. The first-order valence-corrected chi connectivity index (χ1v) is 5.67. The number of hydrogen-bond donors (Lipinski definition) is 1. The van der Waals surface area contributed by atoms with Crippen LogP contribution < -0.4 is 10.6 Å². The maximum absolute atomic E-state index is 12.5. The lowest BCUT2D eigenvalue weighted by Gasteiger charge is -2.26. The maximum Gasteiger partial charge on any atom is 0.405 e. The Morgan fingerprint density at radius 3 is 2.33 bits per heavy atom. The zero-order valence-electron chi connectivity index (χ0n) is 10.7. The van der Waals surface area contributed by atoms with Crippen molar-refractivity contribution in [2.24, 2.45) is 0 Å². The number of anilines is 2. The second-order valence-corrected chi connectivity index (χ2v) is 4.14. The van der Waals surface area contributed by atoms with Gasteiger partial charge in [0.05, 0.1) is 0 Å². The molecule has 1 aromatic heterocycles. The van der Waals surface area contributed by atoms with E-state index in [0.717, 1.165) is 0 Å². The Morgan fingerprint density at radius 1 is 1.22 bits per heavy atom. The van der Waals surface area contributed by atoms with Gasteiger partial charge in [0.15, 0.2) is 0 Å². The zero-order chi connectivity index (χ0) is 13.9. The van der Waals surface area contributed by atoms with Crippen molar-refractivity contribution in [3.05, 3.63) is 11.4 Å². The van der Waals surface area contributed by atoms with Crippen LogP contribution in [0.4, 0.5) is 24.8 Å². The summed E-state index contributed by atoms with van der Waals surface area (Å²) in [6.07, 6.45) is -3.67. The molecule has 1 heterocycles. The molecule has 0 amide bonds. The maximum atomic E-state index is 12.5. The van der Waals surface area contributed by atoms with Gasteiger partial charge in [0.25, 0.3) is 0 Å². The van der Waals surface area contributed by atoms with Crippen molar-refractivity contribution in [1.29, 1.82) is 0 Å². The third kappa shape index (κ3) is 3.75. The molecule has 0 unspecified atom stereocenters. The minimum absolute atomic E-state index is 0.223. The van der Waals surface area contributed by atoms with Crippen LogP contribution in [0.2, 0.25) is 0 Å². The van der Waals surface area contributed by atoms with Crippen LogP contribution in [0.5, 0.6) is 0 Å². The highest BCUT2D eigenvalue weighted by Crippen LogP contribution is 2.25. The van der Waals surface area contributed by atoms with Crippen molar-refractivity contribution < 1.29 is 13.2 Å². The Bertz CT molecular complexity index is 417. The molecule has 0 saturated carbocycles. The first-order valence-electron chi connectivity index (χ1n) is 5.67. The van der Waals surface area contributed by atoms with Crippen molar-refractivity contribution in [2.75, 3.05) is 23.7 Å².